The Morgan fingerprint density at radius 2 is 2.25 bits per heavy atom. The molecule has 1 rings (SSSR count). The summed E-state index contributed by atoms with van der Waals surface area (Å²) in [6.45, 7) is 0.191. The van der Waals surface area contributed by atoms with Crippen molar-refractivity contribution in [1.82, 2.24) is 5.32 Å². The van der Waals surface area contributed by atoms with Gasteiger partial charge in [0.15, 0.2) is 0 Å². The highest BCUT2D eigenvalue weighted by Crippen LogP contribution is 2.27. The van der Waals surface area contributed by atoms with Crippen molar-refractivity contribution in [2.45, 2.75) is 0 Å². The van der Waals surface area contributed by atoms with Crippen LogP contribution in [0.15, 0.2) is 18.2 Å². The van der Waals surface area contributed by atoms with Crippen molar-refractivity contribution in [1.29, 1.82) is 0 Å². The van der Waals surface area contributed by atoms with Crippen LogP contribution in [-0.4, -0.2) is 33.7 Å². The summed E-state index contributed by atoms with van der Waals surface area (Å²) in [4.78, 5) is 13.0. The highest BCUT2D eigenvalue weighted by Gasteiger charge is 2.15. The maximum atomic E-state index is 13.1. The van der Waals surface area contributed by atoms with E-state index in [0.717, 1.165) is 0 Å². The molecule has 1 amide bonds. The normalized spacial score (nSPS) is 10.0. The second-order valence-corrected chi connectivity index (χ2v) is 3.30. The molecular weight excluding hydrogens is 211 g/mol. The SMILES string of the molecule is CNCC(=O)N(C)c1cc(F)ccc1OC. The summed E-state index contributed by atoms with van der Waals surface area (Å²) in [7, 11) is 4.73. The number of anilines is 1. The van der Waals surface area contributed by atoms with Gasteiger partial charge < -0.3 is 15.0 Å². The van der Waals surface area contributed by atoms with E-state index in [-0.39, 0.29) is 12.5 Å². The molecule has 0 saturated heterocycles. The Morgan fingerprint density at radius 3 is 2.81 bits per heavy atom. The number of hydrogen-bond donors (Lipinski definition) is 1. The van der Waals surface area contributed by atoms with E-state index in [9.17, 15) is 9.18 Å². The molecule has 0 saturated carbocycles. The van der Waals surface area contributed by atoms with E-state index >= 15 is 0 Å². The minimum Gasteiger partial charge on any atom is -0.495 e. The maximum Gasteiger partial charge on any atom is 0.240 e. The maximum absolute atomic E-state index is 13.1. The van der Waals surface area contributed by atoms with Gasteiger partial charge in [-0.1, -0.05) is 0 Å². The molecule has 16 heavy (non-hydrogen) atoms. The van der Waals surface area contributed by atoms with Crippen LogP contribution < -0.4 is 15.0 Å². The number of halogens is 1. The van der Waals surface area contributed by atoms with E-state index in [1.54, 1.807) is 14.1 Å². The number of nitrogens with zero attached hydrogens (tertiary/aromatic N) is 1. The van der Waals surface area contributed by atoms with E-state index in [2.05, 4.69) is 5.32 Å². The Balaban J connectivity index is 3.01. The number of amides is 1. The molecule has 4 nitrogen and oxygen atoms in total. The summed E-state index contributed by atoms with van der Waals surface area (Å²) < 4.78 is 18.2. The largest absolute Gasteiger partial charge is 0.495 e. The summed E-state index contributed by atoms with van der Waals surface area (Å²) >= 11 is 0. The molecule has 0 heterocycles. The number of carbonyl (C=O) groups is 1. The molecular formula is C11H15FN2O2. The van der Waals surface area contributed by atoms with E-state index < -0.39 is 5.82 Å². The van der Waals surface area contributed by atoms with E-state index in [1.807, 2.05) is 0 Å². The number of nitrogens with one attached hydrogen (secondary N) is 1. The predicted molar refractivity (Wildman–Crippen MR) is 60.3 cm³/mol. The summed E-state index contributed by atoms with van der Waals surface area (Å²) in [6, 6.07) is 4.05. The monoisotopic (exact) mass is 226 g/mol. The molecule has 0 aliphatic carbocycles. The smallest absolute Gasteiger partial charge is 0.240 e. The van der Waals surface area contributed by atoms with Crippen LogP contribution in [0.25, 0.3) is 0 Å². The molecule has 0 aromatic heterocycles. The third-order valence-corrected chi connectivity index (χ3v) is 2.20. The number of hydrogen-bond acceptors (Lipinski definition) is 3. The van der Waals surface area contributed by atoms with Gasteiger partial charge in [0.25, 0.3) is 0 Å². The van der Waals surface area contributed by atoms with Crippen molar-refractivity contribution < 1.29 is 13.9 Å². The van der Waals surface area contributed by atoms with Crippen LogP contribution in [0.4, 0.5) is 10.1 Å². The lowest BCUT2D eigenvalue weighted by atomic mass is 10.2. The standard InChI is InChI=1S/C11H15FN2O2/c1-13-7-11(15)14(2)9-6-8(12)4-5-10(9)16-3/h4-6,13H,7H2,1-3H3. The zero-order valence-electron chi connectivity index (χ0n) is 9.58. The fourth-order valence-corrected chi connectivity index (χ4v) is 1.33. The molecule has 5 heteroatoms. The first-order valence-electron chi connectivity index (χ1n) is 4.85. The van der Waals surface area contributed by atoms with Gasteiger partial charge in [-0.05, 0) is 19.2 Å². The third-order valence-electron chi connectivity index (χ3n) is 2.20. The number of rotatable bonds is 4. The summed E-state index contributed by atoms with van der Waals surface area (Å²) in [6.07, 6.45) is 0. The van der Waals surface area contributed by atoms with Crippen molar-refractivity contribution in [2.24, 2.45) is 0 Å². The minimum absolute atomic E-state index is 0.161. The number of carbonyl (C=O) groups excluding carboxylic acids is 1. The Hall–Kier alpha value is -1.62. The van der Waals surface area contributed by atoms with Gasteiger partial charge in [0.2, 0.25) is 5.91 Å². The topological polar surface area (TPSA) is 41.6 Å². The predicted octanol–water partition coefficient (Wildman–Crippen LogP) is 1.02. The fraction of sp³-hybridized carbons (Fsp3) is 0.364. The Morgan fingerprint density at radius 1 is 1.56 bits per heavy atom. The summed E-state index contributed by atoms with van der Waals surface area (Å²) in [5, 5.41) is 2.74. The second-order valence-electron chi connectivity index (χ2n) is 3.30. The van der Waals surface area contributed by atoms with Gasteiger partial charge in [-0.3, -0.25) is 4.79 Å². The molecule has 0 atom stereocenters. The molecule has 0 bridgehead atoms. The fourth-order valence-electron chi connectivity index (χ4n) is 1.33. The quantitative estimate of drug-likeness (QED) is 0.833. The molecule has 0 fully saturated rings. The first-order chi connectivity index (χ1) is 7.60. The van der Waals surface area contributed by atoms with Crippen LogP contribution in [-0.2, 0) is 4.79 Å². The van der Waals surface area contributed by atoms with Crippen molar-refractivity contribution in [3.8, 4) is 5.75 Å². The number of benzene rings is 1. The van der Waals surface area contributed by atoms with Gasteiger partial charge in [-0.2, -0.15) is 0 Å². The number of likely N-dealkylation sites (N-methyl/N-ethyl adjacent to an activating group) is 2. The van der Waals surface area contributed by atoms with Gasteiger partial charge in [0, 0.05) is 13.1 Å². The number of methoxy groups -OCH3 is 1. The van der Waals surface area contributed by atoms with Crippen molar-refractivity contribution in [2.75, 3.05) is 32.6 Å². The Bertz CT molecular complexity index is 382. The van der Waals surface area contributed by atoms with Crippen molar-refractivity contribution in [3.63, 3.8) is 0 Å². The van der Waals surface area contributed by atoms with Gasteiger partial charge in [-0.25, -0.2) is 4.39 Å². The molecule has 0 aliphatic rings. The van der Waals surface area contributed by atoms with Crippen LogP contribution in [0.1, 0.15) is 0 Å². The van der Waals surface area contributed by atoms with Crippen LogP contribution in [0.5, 0.6) is 5.75 Å². The highest BCUT2D eigenvalue weighted by molar-refractivity contribution is 5.95. The van der Waals surface area contributed by atoms with E-state index in [0.29, 0.717) is 11.4 Å². The van der Waals surface area contributed by atoms with Gasteiger partial charge >= 0.3 is 0 Å². The molecule has 1 N–H and O–H groups in total. The lowest BCUT2D eigenvalue weighted by Gasteiger charge is -2.19. The molecule has 88 valence electrons. The van der Waals surface area contributed by atoms with Gasteiger partial charge in [0.05, 0.1) is 19.3 Å². The minimum atomic E-state index is -0.403. The average molecular weight is 226 g/mol. The lowest BCUT2D eigenvalue weighted by molar-refractivity contribution is -0.117. The second kappa shape index (κ2) is 5.46. The van der Waals surface area contributed by atoms with Crippen molar-refractivity contribution in [3.05, 3.63) is 24.0 Å². The first-order valence-corrected chi connectivity index (χ1v) is 4.85. The molecule has 0 radical (unpaired) electrons. The molecule has 0 spiro atoms. The zero-order valence-corrected chi connectivity index (χ0v) is 9.58. The number of ether oxygens (including phenoxy) is 1. The Kier molecular flexibility index (Phi) is 4.25. The van der Waals surface area contributed by atoms with Crippen LogP contribution in [0.2, 0.25) is 0 Å². The van der Waals surface area contributed by atoms with Crippen LogP contribution in [0, 0.1) is 5.82 Å². The van der Waals surface area contributed by atoms with Gasteiger partial charge in [-0.15, -0.1) is 0 Å². The van der Waals surface area contributed by atoms with Crippen LogP contribution >= 0.6 is 0 Å². The van der Waals surface area contributed by atoms with Crippen molar-refractivity contribution >= 4 is 11.6 Å². The molecule has 1 aromatic rings. The average Bonchev–Trinajstić information content (AvgIpc) is 2.28. The first kappa shape index (κ1) is 12.4. The zero-order chi connectivity index (χ0) is 12.1. The van der Waals surface area contributed by atoms with E-state index in [4.69, 9.17) is 4.74 Å². The molecule has 0 unspecified atom stereocenters. The molecule has 0 aliphatic heterocycles. The van der Waals surface area contributed by atoms with E-state index in [1.165, 1.54) is 30.2 Å². The van der Waals surface area contributed by atoms with Gasteiger partial charge in [0.1, 0.15) is 11.6 Å². The summed E-state index contributed by atoms with van der Waals surface area (Å²) in [5.74, 6) is -0.0975. The summed E-state index contributed by atoms with van der Waals surface area (Å²) in [5.41, 5.74) is 0.419. The molecule has 1 aromatic carbocycles. The van der Waals surface area contributed by atoms with Crippen LogP contribution in [0.3, 0.4) is 0 Å². The highest BCUT2D eigenvalue weighted by atomic mass is 19.1. The third kappa shape index (κ3) is 2.70. The lowest BCUT2D eigenvalue weighted by Crippen LogP contribution is -2.34. The Labute approximate surface area is 94.0 Å².